The Kier molecular flexibility index (Phi) is 7.88. The number of hydrogen-bond acceptors (Lipinski definition) is 3. The molecule has 0 amide bonds. The van der Waals surface area contributed by atoms with E-state index >= 15 is 0 Å². The van der Waals surface area contributed by atoms with Crippen molar-refractivity contribution in [3.8, 4) is 0 Å². The van der Waals surface area contributed by atoms with E-state index in [1.807, 2.05) is 13.0 Å². The largest absolute Gasteiger partial charge is 0.463 e. The Balaban J connectivity index is 2.35. The summed E-state index contributed by atoms with van der Waals surface area (Å²) in [5, 5.41) is 0. The van der Waals surface area contributed by atoms with E-state index in [0.717, 1.165) is 23.4 Å². The molecule has 156 valence electrons. The van der Waals surface area contributed by atoms with Gasteiger partial charge in [0.2, 0.25) is 0 Å². The van der Waals surface area contributed by atoms with Gasteiger partial charge in [-0.3, -0.25) is 4.90 Å². The van der Waals surface area contributed by atoms with E-state index in [9.17, 15) is 4.79 Å². The molecular weight excluding hydrogens is 378 g/mol. The van der Waals surface area contributed by atoms with Crippen LogP contribution in [0, 0.1) is 0 Å². The highest BCUT2D eigenvalue weighted by Crippen LogP contribution is 2.35. The molecule has 0 spiro atoms. The molecule has 5 heteroatoms. The first-order valence-electron chi connectivity index (χ1n) is 10.7. The summed E-state index contributed by atoms with van der Waals surface area (Å²) in [6, 6.07) is 8.51. The summed E-state index contributed by atoms with van der Waals surface area (Å²) in [5.41, 5.74) is 3.89. The van der Waals surface area contributed by atoms with Crippen molar-refractivity contribution in [2.24, 2.45) is 0 Å². The lowest BCUT2D eigenvalue weighted by atomic mass is 10.0. The molecule has 3 nitrogen and oxygen atoms in total. The molecule has 0 radical (unpaired) electrons. The van der Waals surface area contributed by atoms with Gasteiger partial charge in [0.15, 0.2) is 0 Å². The molecule has 2 unspecified atom stereocenters. The van der Waals surface area contributed by atoms with Crippen LogP contribution in [-0.2, 0) is 16.1 Å². The number of hydrogen-bond donors (Lipinski definition) is 0. The van der Waals surface area contributed by atoms with Gasteiger partial charge in [-0.1, -0.05) is 70.0 Å². The zero-order valence-electron chi connectivity index (χ0n) is 18.9. The summed E-state index contributed by atoms with van der Waals surface area (Å²) >= 11 is 0. The van der Waals surface area contributed by atoms with E-state index in [0.29, 0.717) is 6.61 Å². The Morgan fingerprint density at radius 2 is 1.64 bits per heavy atom. The predicted octanol–water partition coefficient (Wildman–Crippen LogP) is 5.74. The molecule has 2 rings (SSSR count). The summed E-state index contributed by atoms with van der Waals surface area (Å²) in [5.74, 6) is -0.268. The molecule has 1 heterocycles. The minimum atomic E-state index is -1.30. The van der Waals surface area contributed by atoms with E-state index in [2.05, 4.69) is 68.4 Å². The molecule has 1 fully saturated rings. The second-order valence-corrected chi connectivity index (χ2v) is 20.9. The van der Waals surface area contributed by atoms with E-state index < -0.39 is 16.1 Å². The van der Waals surface area contributed by atoms with Crippen molar-refractivity contribution < 1.29 is 9.53 Å². The minimum absolute atomic E-state index is 0.268. The molecule has 28 heavy (non-hydrogen) atoms. The van der Waals surface area contributed by atoms with Crippen molar-refractivity contribution in [3.05, 3.63) is 41.5 Å². The molecule has 0 bridgehead atoms. The van der Waals surface area contributed by atoms with Crippen molar-refractivity contribution in [1.29, 1.82) is 0 Å². The van der Waals surface area contributed by atoms with E-state index in [4.69, 9.17) is 4.74 Å². The third-order valence-electron chi connectivity index (χ3n) is 5.85. The zero-order chi connectivity index (χ0) is 20.9. The molecular formula is C23H39NO2Si2. The summed E-state index contributed by atoms with van der Waals surface area (Å²) in [6.07, 6.45) is 7.51. The average molecular weight is 418 g/mol. The average Bonchev–Trinajstić information content (AvgIpc) is 2.59. The predicted molar refractivity (Wildman–Crippen MR) is 126 cm³/mol. The van der Waals surface area contributed by atoms with Crippen molar-refractivity contribution in [2.75, 3.05) is 6.61 Å². The first-order valence-corrected chi connectivity index (χ1v) is 17.9. The van der Waals surface area contributed by atoms with E-state index in [1.54, 1.807) is 6.08 Å². The highest BCUT2D eigenvalue weighted by molar-refractivity contribution is 6.79. The number of carbonyl (C=O) groups is 1. The lowest BCUT2D eigenvalue weighted by Crippen LogP contribution is -2.62. The summed E-state index contributed by atoms with van der Waals surface area (Å²) in [6.45, 7) is 18.3. The van der Waals surface area contributed by atoms with Gasteiger partial charge in [-0.05, 0) is 37.0 Å². The van der Waals surface area contributed by atoms with Crippen LogP contribution in [-0.4, -0.2) is 45.0 Å². The fraction of sp³-hybridized carbons (Fsp3) is 0.609. The molecule has 2 atom stereocenters. The van der Waals surface area contributed by atoms with E-state index in [1.165, 1.54) is 24.8 Å². The first-order chi connectivity index (χ1) is 13.0. The molecule has 1 aromatic rings. The molecule has 0 saturated carbocycles. The monoisotopic (exact) mass is 417 g/mol. The number of rotatable bonds is 7. The maximum absolute atomic E-state index is 11.8. The highest BCUT2D eigenvalue weighted by atomic mass is 28.3. The van der Waals surface area contributed by atoms with Crippen molar-refractivity contribution in [3.63, 3.8) is 0 Å². The maximum Gasteiger partial charge on any atom is 0.330 e. The standard InChI is InChI=1S/C23H39NO2Si2/c1-8-26-23(25)17-16-19-12-9-10-13-20(19)18-24-21(27(2,3)4)14-11-15-22(24)28(5,6)7/h9-10,12-13,16-17,21-22H,8,11,14-15,18H2,1-7H3/b17-16+. The third kappa shape index (κ3) is 6.16. The van der Waals surface area contributed by atoms with Crippen LogP contribution in [0.25, 0.3) is 6.08 Å². The lowest BCUT2D eigenvalue weighted by Gasteiger charge is -2.51. The Morgan fingerprint density at radius 3 is 2.18 bits per heavy atom. The first kappa shape index (κ1) is 23.1. The number of ether oxygens (including phenoxy) is 1. The fourth-order valence-corrected chi connectivity index (χ4v) is 9.34. The molecule has 0 N–H and O–H groups in total. The number of esters is 1. The van der Waals surface area contributed by atoms with Crippen LogP contribution in [0.2, 0.25) is 39.3 Å². The number of carbonyl (C=O) groups excluding carboxylic acids is 1. The topological polar surface area (TPSA) is 29.5 Å². The van der Waals surface area contributed by atoms with Gasteiger partial charge in [-0.25, -0.2) is 4.79 Å². The van der Waals surface area contributed by atoms with Crippen LogP contribution >= 0.6 is 0 Å². The van der Waals surface area contributed by atoms with Gasteiger partial charge >= 0.3 is 5.97 Å². The van der Waals surface area contributed by atoms with Crippen molar-refractivity contribution >= 4 is 28.2 Å². The smallest absolute Gasteiger partial charge is 0.330 e. The third-order valence-corrected chi connectivity index (χ3v) is 11.1. The van der Waals surface area contributed by atoms with E-state index in [-0.39, 0.29) is 5.97 Å². The van der Waals surface area contributed by atoms with Crippen LogP contribution in [0.3, 0.4) is 0 Å². The highest BCUT2D eigenvalue weighted by Gasteiger charge is 2.43. The van der Waals surface area contributed by atoms with Crippen molar-refractivity contribution in [1.82, 2.24) is 4.90 Å². The van der Waals surface area contributed by atoms with Crippen LogP contribution < -0.4 is 0 Å². The van der Waals surface area contributed by atoms with Gasteiger partial charge in [0.25, 0.3) is 0 Å². The van der Waals surface area contributed by atoms with Gasteiger partial charge in [0.05, 0.1) is 22.8 Å². The van der Waals surface area contributed by atoms with Gasteiger partial charge in [-0.2, -0.15) is 0 Å². The maximum atomic E-state index is 11.8. The normalized spacial score (nSPS) is 21.8. The SMILES string of the molecule is CCOC(=O)/C=C/c1ccccc1CN1C([Si](C)(C)C)CCCC1[Si](C)(C)C. The fourth-order valence-electron chi connectivity index (χ4n) is 4.52. The van der Waals surface area contributed by atoms with Gasteiger partial charge in [-0.15, -0.1) is 0 Å². The Hall–Kier alpha value is -1.18. The Morgan fingerprint density at radius 1 is 1.07 bits per heavy atom. The lowest BCUT2D eigenvalue weighted by molar-refractivity contribution is -0.137. The summed E-state index contributed by atoms with van der Waals surface area (Å²) in [7, 11) is -2.60. The number of piperidine rings is 1. The summed E-state index contributed by atoms with van der Waals surface area (Å²) < 4.78 is 5.05. The second-order valence-electron chi connectivity index (χ2n) is 10.2. The summed E-state index contributed by atoms with van der Waals surface area (Å²) in [4.78, 5) is 14.6. The molecule has 0 aromatic heterocycles. The quantitative estimate of drug-likeness (QED) is 0.322. The van der Waals surface area contributed by atoms with Gasteiger partial charge < -0.3 is 4.74 Å². The van der Waals surface area contributed by atoms with Gasteiger partial charge in [0.1, 0.15) is 0 Å². The second kappa shape index (κ2) is 9.55. The Labute approximate surface area is 174 Å². The Bertz CT molecular complexity index is 667. The molecule has 1 aromatic carbocycles. The molecule has 0 aliphatic carbocycles. The van der Waals surface area contributed by atoms with Crippen LogP contribution in [0.4, 0.5) is 0 Å². The minimum Gasteiger partial charge on any atom is -0.463 e. The zero-order valence-corrected chi connectivity index (χ0v) is 20.9. The molecule has 1 aliphatic heterocycles. The van der Waals surface area contributed by atoms with Gasteiger partial charge in [0, 0.05) is 24.0 Å². The molecule has 1 saturated heterocycles. The van der Waals surface area contributed by atoms with Crippen LogP contribution in [0.15, 0.2) is 30.3 Å². The van der Waals surface area contributed by atoms with Crippen molar-refractivity contribution in [2.45, 2.75) is 83.3 Å². The van der Waals surface area contributed by atoms with Crippen LogP contribution in [0.1, 0.15) is 37.3 Å². The number of benzene rings is 1. The number of nitrogens with zero attached hydrogens (tertiary/aromatic N) is 1. The molecule has 1 aliphatic rings. The number of likely N-dealkylation sites (tertiary alicyclic amines) is 1. The van der Waals surface area contributed by atoms with Crippen LogP contribution in [0.5, 0.6) is 0 Å².